The Labute approximate surface area is 128 Å². The summed E-state index contributed by atoms with van der Waals surface area (Å²) in [4.78, 5) is 12.1. The second-order valence-corrected chi connectivity index (χ2v) is 6.05. The number of amides is 1. The molecule has 1 aliphatic rings. The van der Waals surface area contributed by atoms with Gasteiger partial charge in [-0.15, -0.1) is 0 Å². The van der Waals surface area contributed by atoms with Crippen LogP contribution in [0.3, 0.4) is 0 Å². The molecule has 1 amide bonds. The maximum atomic E-state index is 13.9. The fraction of sp³-hybridized carbons (Fsp3) is 0.438. The van der Waals surface area contributed by atoms with Crippen molar-refractivity contribution in [3.8, 4) is 11.8 Å². The highest BCUT2D eigenvalue weighted by Gasteiger charge is 2.17. The molecule has 0 spiro atoms. The van der Waals surface area contributed by atoms with Gasteiger partial charge in [0.05, 0.1) is 12.2 Å². The molecule has 0 unspecified atom stereocenters. The summed E-state index contributed by atoms with van der Waals surface area (Å²) in [5.74, 6) is 6.67. The first-order valence-corrected chi connectivity index (χ1v) is 8.14. The predicted octanol–water partition coefficient (Wildman–Crippen LogP) is 2.19. The van der Waals surface area contributed by atoms with Crippen molar-refractivity contribution in [2.24, 2.45) is 0 Å². The quantitative estimate of drug-likeness (QED) is 0.842. The Balaban J connectivity index is 2.01. The topological polar surface area (TPSA) is 49.3 Å². The van der Waals surface area contributed by atoms with Crippen molar-refractivity contribution >= 4 is 17.7 Å². The van der Waals surface area contributed by atoms with Crippen molar-refractivity contribution in [1.82, 2.24) is 5.32 Å². The fourth-order valence-corrected chi connectivity index (χ4v) is 3.19. The van der Waals surface area contributed by atoms with E-state index < -0.39 is 5.82 Å². The van der Waals surface area contributed by atoms with Crippen LogP contribution >= 0.6 is 11.8 Å². The normalized spacial score (nSPS) is 15.1. The van der Waals surface area contributed by atoms with E-state index in [0.717, 1.165) is 24.3 Å². The molecule has 2 N–H and O–H groups in total. The van der Waals surface area contributed by atoms with Gasteiger partial charge >= 0.3 is 0 Å². The molecule has 1 aromatic rings. The molecule has 1 heterocycles. The van der Waals surface area contributed by atoms with Gasteiger partial charge in [-0.3, -0.25) is 4.79 Å². The van der Waals surface area contributed by atoms with Crippen LogP contribution in [-0.2, 0) is 0 Å². The largest absolute Gasteiger partial charge is 0.395 e. The zero-order valence-corrected chi connectivity index (χ0v) is 12.5. The number of carbonyl (C=O) groups is 1. The van der Waals surface area contributed by atoms with Crippen molar-refractivity contribution in [2.45, 2.75) is 25.3 Å². The first-order chi connectivity index (χ1) is 10.2. The zero-order valence-electron chi connectivity index (χ0n) is 11.7. The molecule has 1 aliphatic heterocycles. The monoisotopic (exact) mass is 307 g/mol. The molecule has 5 heteroatoms. The Bertz CT molecular complexity index is 559. The third-order valence-electron chi connectivity index (χ3n) is 3.25. The van der Waals surface area contributed by atoms with Gasteiger partial charge in [-0.1, -0.05) is 11.8 Å². The molecular formula is C16H18FNO2S. The number of benzene rings is 1. The molecule has 0 radical (unpaired) electrons. The van der Waals surface area contributed by atoms with Crippen molar-refractivity contribution in [1.29, 1.82) is 0 Å². The molecule has 21 heavy (non-hydrogen) atoms. The van der Waals surface area contributed by atoms with Crippen LogP contribution in [-0.4, -0.2) is 35.2 Å². The number of aliphatic hydroxyl groups is 1. The van der Waals surface area contributed by atoms with Gasteiger partial charge in [0.1, 0.15) is 5.82 Å². The van der Waals surface area contributed by atoms with Gasteiger partial charge in [0.25, 0.3) is 5.91 Å². The highest BCUT2D eigenvalue weighted by Crippen LogP contribution is 2.17. The van der Waals surface area contributed by atoms with E-state index in [1.54, 1.807) is 6.07 Å². The van der Waals surface area contributed by atoms with Crippen LogP contribution in [0.4, 0.5) is 4.39 Å². The summed E-state index contributed by atoms with van der Waals surface area (Å²) in [7, 11) is 0. The van der Waals surface area contributed by atoms with E-state index in [-0.39, 0.29) is 24.1 Å². The van der Waals surface area contributed by atoms with E-state index in [1.165, 1.54) is 12.1 Å². The minimum Gasteiger partial charge on any atom is -0.395 e. The van der Waals surface area contributed by atoms with Gasteiger partial charge < -0.3 is 10.4 Å². The van der Waals surface area contributed by atoms with Gasteiger partial charge in [-0.2, -0.15) is 11.8 Å². The van der Waals surface area contributed by atoms with Gasteiger partial charge in [-0.05, 0) is 42.5 Å². The van der Waals surface area contributed by atoms with Crippen LogP contribution in [0.5, 0.6) is 0 Å². The highest BCUT2D eigenvalue weighted by molar-refractivity contribution is 7.99. The number of hydrogen-bond acceptors (Lipinski definition) is 3. The van der Waals surface area contributed by atoms with Crippen LogP contribution in [0.15, 0.2) is 18.2 Å². The van der Waals surface area contributed by atoms with E-state index in [2.05, 4.69) is 17.2 Å². The Morgan fingerprint density at radius 2 is 2.19 bits per heavy atom. The molecule has 0 saturated carbocycles. The Hall–Kier alpha value is -1.51. The van der Waals surface area contributed by atoms with Gasteiger partial charge in [0, 0.05) is 18.0 Å². The van der Waals surface area contributed by atoms with Crippen molar-refractivity contribution in [2.75, 3.05) is 18.1 Å². The van der Waals surface area contributed by atoms with Crippen LogP contribution in [0.1, 0.15) is 35.2 Å². The lowest BCUT2D eigenvalue weighted by molar-refractivity contribution is 0.0934. The SMILES string of the molecule is O=C(NC1CCSCC1)c1ccc(C#CCCO)c(F)c1. The summed E-state index contributed by atoms with van der Waals surface area (Å²) in [6, 6.07) is 4.49. The summed E-state index contributed by atoms with van der Waals surface area (Å²) in [5.41, 5.74) is 0.563. The predicted molar refractivity (Wildman–Crippen MR) is 82.8 cm³/mol. The smallest absolute Gasteiger partial charge is 0.251 e. The molecule has 0 atom stereocenters. The molecule has 0 aliphatic carbocycles. The molecule has 2 rings (SSSR count). The average molecular weight is 307 g/mol. The van der Waals surface area contributed by atoms with Crippen molar-refractivity contribution in [3.05, 3.63) is 35.1 Å². The molecule has 1 saturated heterocycles. The van der Waals surface area contributed by atoms with Crippen LogP contribution in [0.25, 0.3) is 0 Å². The van der Waals surface area contributed by atoms with E-state index in [1.807, 2.05) is 11.8 Å². The lowest BCUT2D eigenvalue weighted by Crippen LogP contribution is -2.37. The molecule has 0 bridgehead atoms. The molecular weight excluding hydrogens is 289 g/mol. The number of nitrogens with one attached hydrogen (secondary N) is 1. The Morgan fingerprint density at radius 1 is 1.43 bits per heavy atom. The van der Waals surface area contributed by atoms with Crippen molar-refractivity contribution < 1.29 is 14.3 Å². The lowest BCUT2D eigenvalue weighted by atomic mass is 10.1. The Kier molecular flexibility index (Phi) is 6.09. The van der Waals surface area contributed by atoms with E-state index in [0.29, 0.717) is 12.0 Å². The number of rotatable bonds is 3. The maximum Gasteiger partial charge on any atom is 0.251 e. The van der Waals surface area contributed by atoms with Crippen LogP contribution < -0.4 is 5.32 Å². The molecule has 112 valence electrons. The molecule has 0 aromatic heterocycles. The summed E-state index contributed by atoms with van der Waals surface area (Å²) in [6.07, 6.45) is 2.23. The van der Waals surface area contributed by atoms with Gasteiger partial charge in [0.2, 0.25) is 0 Å². The highest BCUT2D eigenvalue weighted by atomic mass is 32.2. The third kappa shape index (κ3) is 4.76. The molecule has 3 nitrogen and oxygen atoms in total. The number of hydrogen-bond donors (Lipinski definition) is 2. The standard InChI is InChI=1S/C16H18FNO2S/c17-15-11-13(5-4-12(15)3-1-2-8-19)16(20)18-14-6-9-21-10-7-14/h4-5,11,14,19H,2,6-10H2,(H,18,20). The lowest BCUT2D eigenvalue weighted by Gasteiger charge is -2.22. The number of halogens is 1. The van der Waals surface area contributed by atoms with Gasteiger partial charge in [-0.25, -0.2) is 4.39 Å². The molecule has 1 aromatic carbocycles. The van der Waals surface area contributed by atoms with Crippen LogP contribution in [0, 0.1) is 17.7 Å². The number of carbonyl (C=O) groups excluding carboxylic acids is 1. The summed E-state index contributed by atoms with van der Waals surface area (Å²) in [5, 5.41) is 11.6. The number of thioether (sulfide) groups is 1. The van der Waals surface area contributed by atoms with E-state index in [9.17, 15) is 9.18 Å². The maximum absolute atomic E-state index is 13.9. The first-order valence-electron chi connectivity index (χ1n) is 6.98. The first kappa shape index (κ1) is 15.9. The minimum absolute atomic E-state index is 0.0468. The second-order valence-electron chi connectivity index (χ2n) is 4.83. The average Bonchev–Trinajstić information content (AvgIpc) is 2.50. The van der Waals surface area contributed by atoms with E-state index >= 15 is 0 Å². The third-order valence-corrected chi connectivity index (χ3v) is 4.30. The van der Waals surface area contributed by atoms with Crippen molar-refractivity contribution in [3.63, 3.8) is 0 Å². The molecule has 1 fully saturated rings. The van der Waals surface area contributed by atoms with Crippen LogP contribution in [0.2, 0.25) is 0 Å². The zero-order chi connectivity index (χ0) is 15.1. The van der Waals surface area contributed by atoms with Gasteiger partial charge in [0.15, 0.2) is 0 Å². The van der Waals surface area contributed by atoms with E-state index in [4.69, 9.17) is 5.11 Å². The summed E-state index contributed by atoms with van der Waals surface area (Å²) in [6.45, 7) is -0.0468. The summed E-state index contributed by atoms with van der Waals surface area (Å²) >= 11 is 1.89. The minimum atomic E-state index is -0.507. The second kappa shape index (κ2) is 8.06. The Morgan fingerprint density at radius 3 is 2.86 bits per heavy atom. The fourth-order valence-electron chi connectivity index (χ4n) is 2.08. The summed E-state index contributed by atoms with van der Waals surface area (Å²) < 4.78 is 13.9. The number of aliphatic hydroxyl groups excluding tert-OH is 1.